The fourth-order valence-electron chi connectivity index (χ4n) is 3.43. The second kappa shape index (κ2) is 13.3. The fourth-order valence-corrected chi connectivity index (χ4v) is 3.43. The highest BCUT2D eigenvalue weighted by molar-refractivity contribution is 14.0. The molecule has 1 aliphatic rings. The number of hydrogen-bond donors (Lipinski definition) is 2. The number of aromatic nitrogens is 2. The third kappa shape index (κ3) is 8.76. The van der Waals surface area contributed by atoms with Crippen LogP contribution in [-0.2, 0) is 6.42 Å². The summed E-state index contributed by atoms with van der Waals surface area (Å²) in [6, 6.07) is 0.502. The number of nitrogens with one attached hydrogen (secondary N) is 2. The molecule has 1 saturated heterocycles. The summed E-state index contributed by atoms with van der Waals surface area (Å²) >= 11 is 0. The molecule has 2 N–H and O–H groups in total. The maximum absolute atomic E-state index is 5.16. The standard InChI is InChI=1S/C19H36N6O.HI/c1-5-20-19(21-11-10-18-23-16(4)24-26-18)22-14-17(15(2)3)25-12-8-6-7-9-13-25;/h15,17H,5-14H2,1-4H3,(H2,20,21,22);1H. The van der Waals surface area contributed by atoms with E-state index in [4.69, 9.17) is 9.52 Å². The second-order valence-corrected chi connectivity index (χ2v) is 7.39. The quantitative estimate of drug-likeness (QED) is 0.330. The molecule has 1 unspecified atom stereocenters. The summed E-state index contributed by atoms with van der Waals surface area (Å²) in [7, 11) is 0. The van der Waals surface area contributed by atoms with Crippen molar-refractivity contribution in [2.75, 3.05) is 32.7 Å². The summed E-state index contributed by atoms with van der Waals surface area (Å²) in [5.41, 5.74) is 0. The van der Waals surface area contributed by atoms with E-state index in [-0.39, 0.29) is 24.0 Å². The van der Waals surface area contributed by atoms with E-state index < -0.39 is 0 Å². The van der Waals surface area contributed by atoms with Crippen LogP contribution in [0.25, 0.3) is 0 Å². The van der Waals surface area contributed by atoms with E-state index in [0.29, 0.717) is 30.1 Å². The van der Waals surface area contributed by atoms with Gasteiger partial charge in [-0.2, -0.15) is 4.98 Å². The Morgan fingerprint density at radius 3 is 2.44 bits per heavy atom. The number of aliphatic imine (C=N–C) groups is 1. The molecule has 8 heteroatoms. The predicted molar refractivity (Wildman–Crippen MR) is 121 cm³/mol. The van der Waals surface area contributed by atoms with Gasteiger partial charge >= 0.3 is 0 Å². The van der Waals surface area contributed by atoms with Gasteiger partial charge in [-0.15, -0.1) is 24.0 Å². The van der Waals surface area contributed by atoms with E-state index in [2.05, 4.69) is 46.4 Å². The molecule has 0 aliphatic carbocycles. The maximum atomic E-state index is 5.16. The SMILES string of the molecule is CCNC(=NCC(C(C)C)N1CCCCCC1)NCCc1nc(C)no1.I. The molecule has 1 aliphatic heterocycles. The number of guanidine groups is 1. The number of halogens is 1. The summed E-state index contributed by atoms with van der Waals surface area (Å²) in [5, 5.41) is 10.5. The zero-order valence-electron chi connectivity index (χ0n) is 17.3. The van der Waals surface area contributed by atoms with Gasteiger partial charge in [-0.25, -0.2) is 0 Å². The average molecular weight is 492 g/mol. The number of hydrogen-bond acceptors (Lipinski definition) is 5. The van der Waals surface area contributed by atoms with Crippen LogP contribution in [0.5, 0.6) is 0 Å². The van der Waals surface area contributed by atoms with Gasteiger partial charge in [0.2, 0.25) is 5.89 Å². The Labute approximate surface area is 181 Å². The molecule has 0 saturated carbocycles. The zero-order chi connectivity index (χ0) is 18.8. The third-order valence-electron chi connectivity index (χ3n) is 4.86. The number of likely N-dealkylation sites (tertiary alicyclic amines) is 1. The molecule has 2 rings (SSSR count). The summed E-state index contributed by atoms with van der Waals surface area (Å²) < 4.78 is 5.16. The zero-order valence-corrected chi connectivity index (χ0v) is 19.7. The van der Waals surface area contributed by atoms with E-state index in [9.17, 15) is 0 Å². The lowest BCUT2D eigenvalue weighted by Gasteiger charge is -2.32. The molecule has 0 amide bonds. The lowest BCUT2D eigenvalue weighted by molar-refractivity contribution is 0.166. The van der Waals surface area contributed by atoms with Gasteiger partial charge in [0.05, 0.1) is 6.54 Å². The monoisotopic (exact) mass is 492 g/mol. The van der Waals surface area contributed by atoms with Crippen LogP contribution in [0.15, 0.2) is 9.52 Å². The molecule has 1 aromatic heterocycles. The van der Waals surface area contributed by atoms with Gasteiger partial charge in [-0.1, -0.05) is 31.8 Å². The van der Waals surface area contributed by atoms with Gasteiger partial charge in [0.1, 0.15) is 0 Å². The molecule has 0 spiro atoms. The lowest BCUT2D eigenvalue weighted by Crippen LogP contribution is -2.44. The maximum Gasteiger partial charge on any atom is 0.228 e. The van der Waals surface area contributed by atoms with Crippen LogP contribution in [0.4, 0.5) is 0 Å². The predicted octanol–water partition coefficient (Wildman–Crippen LogP) is 2.99. The first-order valence-corrected chi connectivity index (χ1v) is 10.2. The highest BCUT2D eigenvalue weighted by Crippen LogP contribution is 2.17. The Balaban J connectivity index is 0.00000364. The van der Waals surface area contributed by atoms with Crippen molar-refractivity contribution >= 4 is 29.9 Å². The van der Waals surface area contributed by atoms with E-state index in [0.717, 1.165) is 25.6 Å². The van der Waals surface area contributed by atoms with Crippen LogP contribution >= 0.6 is 24.0 Å². The molecule has 2 heterocycles. The van der Waals surface area contributed by atoms with Crippen molar-refractivity contribution in [2.24, 2.45) is 10.9 Å². The molecule has 0 bridgehead atoms. The molecule has 156 valence electrons. The molecule has 7 nitrogen and oxygen atoms in total. The Hall–Kier alpha value is -0.900. The molecule has 0 aromatic carbocycles. The number of rotatable bonds is 8. The van der Waals surface area contributed by atoms with Crippen molar-refractivity contribution in [3.05, 3.63) is 11.7 Å². The van der Waals surface area contributed by atoms with Crippen LogP contribution in [0.1, 0.15) is 58.2 Å². The third-order valence-corrected chi connectivity index (χ3v) is 4.86. The molecular weight excluding hydrogens is 455 g/mol. The van der Waals surface area contributed by atoms with Crippen LogP contribution in [-0.4, -0.2) is 59.8 Å². The molecule has 27 heavy (non-hydrogen) atoms. The highest BCUT2D eigenvalue weighted by atomic mass is 127. The Morgan fingerprint density at radius 2 is 1.89 bits per heavy atom. The van der Waals surface area contributed by atoms with Crippen molar-refractivity contribution in [3.63, 3.8) is 0 Å². The summed E-state index contributed by atoms with van der Waals surface area (Å²) in [5.74, 6) is 2.80. The lowest BCUT2D eigenvalue weighted by atomic mass is 10.0. The van der Waals surface area contributed by atoms with Crippen LogP contribution in [0.2, 0.25) is 0 Å². The Kier molecular flexibility index (Phi) is 11.9. The van der Waals surface area contributed by atoms with E-state index >= 15 is 0 Å². The van der Waals surface area contributed by atoms with Crippen LogP contribution in [0.3, 0.4) is 0 Å². The van der Waals surface area contributed by atoms with Gasteiger partial charge in [-0.3, -0.25) is 9.89 Å². The molecular formula is C19H37IN6O. The van der Waals surface area contributed by atoms with E-state index in [1.165, 1.54) is 38.8 Å². The van der Waals surface area contributed by atoms with Crippen molar-refractivity contribution in [3.8, 4) is 0 Å². The first kappa shape index (κ1) is 24.1. The average Bonchev–Trinajstić information content (AvgIpc) is 2.84. The van der Waals surface area contributed by atoms with E-state index in [1.54, 1.807) is 0 Å². The highest BCUT2D eigenvalue weighted by Gasteiger charge is 2.22. The first-order valence-electron chi connectivity index (χ1n) is 10.2. The van der Waals surface area contributed by atoms with Crippen molar-refractivity contribution in [1.82, 2.24) is 25.7 Å². The van der Waals surface area contributed by atoms with Gasteiger partial charge in [0, 0.05) is 25.6 Å². The normalized spacial score (nSPS) is 17.3. The largest absolute Gasteiger partial charge is 0.357 e. The van der Waals surface area contributed by atoms with Crippen molar-refractivity contribution < 1.29 is 4.52 Å². The van der Waals surface area contributed by atoms with Gasteiger partial charge in [0.25, 0.3) is 0 Å². The molecule has 1 aromatic rings. The topological polar surface area (TPSA) is 78.6 Å². The van der Waals surface area contributed by atoms with Gasteiger partial charge in [0.15, 0.2) is 11.8 Å². The fraction of sp³-hybridized carbons (Fsp3) is 0.842. The number of nitrogens with zero attached hydrogens (tertiary/aromatic N) is 4. The minimum absolute atomic E-state index is 0. The van der Waals surface area contributed by atoms with Gasteiger partial charge in [-0.05, 0) is 45.7 Å². The Morgan fingerprint density at radius 1 is 1.19 bits per heavy atom. The van der Waals surface area contributed by atoms with Gasteiger partial charge < -0.3 is 15.2 Å². The second-order valence-electron chi connectivity index (χ2n) is 7.39. The first-order chi connectivity index (χ1) is 12.6. The summed E-state index contributed by atoms with van der Waals surface area (Å²) in [6.45, 7) is 13.4. The van der Waals surface area contributed by atoms with Crippen LogP contribution in [0, 0.1) is 12.8 Å². The van der Waals surface area contributed by atoms with E-state index in [1.807, 2.05) is 6.92 Å². The number of aryl methyl sites for hydroxylation is 1. The summed E-state index contributed by atoms with van der Waals surface area (Å²) in [6.07, 6.45) is 6.06. The van der Waals surface area contributed by atoms with Crippen molar-refractivity contribution in [2.45, 2.75) is 65.8 Å². The smallest absolute Gasteiger partial charge is 0.228 e. The van der Waals surface area contributed by atoms with Crippen LogP contribution < -0.4 is 10.6 Å². The summed E-state index contributed by atoms with van der Waals surface area (Å²) in [4.78, 5) is 11.7. The molecule has 1 atom stereocenters. The minimum atomic E-state index is 0. The molecule has 0 radical (unpaired) electrons. The Bertz CT molecular complexity index is 540. The molecule has 1 fully saturated rings. The minimum Gasteiger partial charge on any atom is -0.357 e. The van der Waals surface area contributed by atoms with Crippen molar-refractivity contribution in [1.29, 1.82) is 0 Å².